The summed E-state index contributed by atoms with van der Waals surface area (Å²) in [5, 5.41) is 8.78. The van der Waals surface area contributed by atoms with Gasteiger partial charge in [-0.2, -0.15) is 13.2 Å². The van der Waals surface area contributed by atoms with Crippen molar-refractivity contribution in [3.63, 3.8) is 0 Å². The van der Waals surface area contributed by atoms with Gasteiger partial charge in [-0.25, -0.2) is 4.98 Å². The highest BCUT2D eigenvalue weighted by molar-refractivity contribution is 5.70. The van der Waals surface area contributed by atoms with Crippen LogP contribution in [0.1, 0.15) is 11.4 Å². The second kappa shape index (κ2) is 5.07. The smallest absolute Gasteiger partial charge is 0.430 e. The van der Waals surface area contributed by atoms with E-state index in [0.29, 0.717) is 0 Å². The quantitative estimate of drug-likeness (QED) is 0.699. The topological polar surface area (TPSA) is 58.7 Å². The average Bonchev–Trinajstić information content (AvgIpc) is 2.62. The van der Waals surface area contributed by atoms with Gasteiger partial charge in [-0.15, -0.1) is 0 Å². The van der Waals surface area contributed by atoms with Gasteiger partial charge in [0.05, 0.1) is 6.20 Å². The molecule has 0 saturated heterocycles. The summed E-state index contributed by atoms with van der Waals surface area (Å²) in [6, 6.07) is 4.25. The van der Waals surface area contributed by atoms with Crippen molar-refractivity contribution in [2.75, 3.05) is 0 Å². The molecule has 2 aromatic heterocycles. The normalized spacial score (nSPS) is 10.9. The third kappa shape index (κ3) is 3.22. The Morgan fingerprint density at radius 1 is 1.33 bits per heavy atom. The minimum atomic E-state index is -5.19. The third-order valence-electron chi connectivity index (χ3n) is 2.26. The Morgan fingerprint density at radius 3 is 2.33 bits per heavy atom. The number of nitrogens with zero attached hydrogens (tertiary/aromatic N) is 1. The van der Waals surface area contributed by atoms with Crippen molar-refractivity contribution < 1.29 is 28.1 Å². The van der Waals surface area contributed by atoms with Gasteiger partial charge in [0.15, 0.2) is 6.20 Å². The predicted molar refractivity (Wildman–Crippen MR) is 54.5 cm³/mol. The Kier molecular flexibility index (Phi) is 3.95. The molecule has 1 N–H and O–H groups in total. The fourth-order valence-corrected chi connectivity index (χ4v) is 1.36. The number of carboxylic acids is 1. The number of hydrogen-bond donors (Lipinski definition) is 0. The molecule has 98 valence electrons. The highest BCUT2D eigenvalue weighted by Gasteiger charge is 2.28. The lowest BCUT2D eigenvalue weighted by molar-refractivity contribution is -0.386. The molecule has 0 aliphatic rings. The van der Waals surface area contributed by atoms with Crippen molar-refractivity contribution in [1.29, 1.82) is 0 Å². The first kappa shape index (κ1) is 14.0. The Bertz CT molecular complexity index is 561. The lowest BCUT2D eigenvalue weighted by atomic mass is 10.4. The van der Waals surface area contributed by atoms with Gasteiger partial charge in [0, 0.05) is 12.6 Å². The molecule has 4 nitrogen and oxygen atoms in total. The van der Waals surface area contributed by atoms with Gasteiger partial charge in [-0.3, -0.25) is 0 Å². The first-order valence-corrected chi connectivity index (χ1v) is 4.96. The van der Waals surface area contributed by atoms with E-state index in [2.05, 4.69) is 35.4 Å². The van der Waals surface area contributed by atoms with Crippen LogP contribution in [0.5, 0.6) is 0 Å². The molecule has 2 heterocycles. The molecule has 0 amide bonds. The van der Waals surface area contributed by atoms with Crippen LogP contribution in [0.15, 0.2) is 24.5 Å². The van der Waals surface area contributed by atoms with Crippen molar-refractivity contribution in [1.82, 2.24) is 4.40 Å². The number of H-pyrrole nitrogens is 1. The summed E-state index contributed by atoms with van der Waals surface area (Å²) in [4.78, 5) is 12.0. The van der Waals surface area contributed by atoms with Gasteiger partial charge in [-0.1, -0.05) is 0 Å². The largest absolute Gasteiger partial charge is 0.542 e. The van der Waals surface area contributed by atoms with E-state index in [9.17, 15) is 13.2 Å². The maximum absolute atomic E-state index is 10.5. The molecule has 0 unspecified atom stereocenters. The van der Waals surface area contributed by atoms with E-state index in [1.807, 2.05) is 12.4 Å². The Balaban J connectivity index is 0.000000203. The summed E-state index contributed by atoms with van der Waals surface area (Å²) in [7, 11) is 0. The monoisotopic (exact) mass is 260 g/mol. The Morgan fingerprint density at radius 2 is 1.89 bits per heavy atom. The number of aromatic nitrogens is 2. The molecule has 7 heteroatoms. The molecule has 0 atom stereocenters. The third-order valence-corrected chi connectivity index (χ3v) is 2.26. The lowest BCUT2D eigenvalue weighted by Gasteiger charge is -2.03. The van der Waals surface area contributed by atoms with Gasteiger partial charge in [-0.05, 0) is 19.1 Å². The summed E-state index contributed by atoms with van der Waals surface area (Å²) in [5.74, 6) is -3.01. The number of carboxylic acid groups (broad SMARTS) is 1. The summed E-state index contributed by atoms with van der Waals surface area (Å²) in [6.45, 7) is 4.18. The van der Waals surface area contributed by atoms with Crippen LogP contribution >= 0.6 is 0 Å². The second-order valence-electron chi connectivity index (χ2n) is 3.60. The number of aliphatic carboxylic acids is 1. The summed E-state index contributed by atoms with van der Waals surface area (Å²) in [5.41, 5.74) is 3.74. The molecule has 0 aromatic carbocycles. The fraction of sp³-hybridized carbons (Fsp3) is 0.273. The van der Waals surface area contributed by atoms with Crippen LogP contribution in [0, 0.1) is 13.8 Å². The highest BCUT2D eigenvalue weighted by atomic mass is 19.4. The highest BCUT2D eigenvalue weighted by Crippen LogP contribution is 2.11. The average molecular weight is 260 g/mol. The first-order chi connectivity index (χ1) is 8.23. The van der Waals surface area contributed by atoms with E-state index in [1.165, 1.54) is 16.9 Å². The van der Waals surface area contributed by atoms with Gasteiger partial charge < -0.3 is 14.3 Å². The number of halogens is 3. The minimum Gasteiger partial charge on any atom is -0.542 e. The van der Waals surface area contributed by atoms with Crippen LogP contribution in [0.2, 0.25) is 0 Å². The van der Waals surface area contributed by atoms with Crippen molar-refractivity contribution in [3.8, 4) is 0 Å². The Labute approximate surface area is 101 Å². The van der Waals surface area contributed by atoms with Crippen LogP contribution in [0.4, 0.5) is 13.2 Å². The molecule has 0 spiro atoms. The number of aryl methyl sites for hydroxylation is 2. The van der Waals surface area contributed by atoms with Crippen LogP contribution in [0.3, 0.4) is 0 Å². The first-order valence-electron chi connectivity index (χ1n) is 4.96. The van der Waals surface area contributed by atoms with Crippen LogP contribution in [0.25, 0.3) is 5.52 Å². The Hall–Kier alpha value is -2.05. The minimum absolute atomic E-state index is 1.21. The number of rotatable bonds is 0. The zero-order valence-electron chi connectivity index (χ0n) is 9.71. The SMILES string of the molecule is Cc1[nH+]ccn2c(C)ccc12.O=C([O-])C(F)(F)F. The van der Waals surface area contributed by atoms with Crippen molar-refractivity contribution in [2.24, 2.45) is 0 Å². The van der Waals surface area contributed by atoms with Crippen LogP contribution < -0.4 is 10.1 Å². The van der Waals surface area contributed by atoms with Crippen molar-refractivity contribution >= 4 is 11.5 Å². The molecule has 0 aliphatic carbocycles. The molecular weight excluding hydrogens is 249 g/mol. The van der Waals surface area contributed by atoms with E-state index in [0.717, 1.165) is 0 Å². The molecular formula is C11H11F3N2O2. The number of aromatic amines is 1. The molecule has 18 heavy (non-hydrogen) atoms. The van der Waals surface area contributed by atoms with E-state index < -0.39 is 12.1 Å². The van der Waals surface area contributed by atoms with E-state index in [1.54, 1.807) is 0 Å². The zero-order chi connectivity index (χ0) is 13.9. The standard InChI is InChI=1S/C9H10N2.C2HF3O2/c1-7-3-4-9-8(2)10-5-6-11(7)9;3-2(4,5)1(6)7/h3-6H,1-2H3;(H,6,7). The van der Waals surface area contributed by atoms with E-state index >= 15 is 0 Å². The number of fused-ring (bicyclic) bond motifs is 1. The van der Waals surface area contributed by atoms with Crippen LogP contribution in [-0.2, 0) is 4.79 Å². The molecule has 2 rings (SSSR count). The summed E-state index contributed by atoms with van der Waals surface area (Å²) >= 11 is 0. The van der Waals surface area contributed by atoms with Crippen molar-refractivity contribution in [2.45, 2.75) is 20.0 Å². The number of nitrogens with one attached hydrogen (secondary N) is 1. The molecule has 0 aliphatic heterocycles. The molecule has 0 bridgehead atoms. The van der Waals surface area contributed by atoms with Crippen molar-refractivity contribution in [3.05, 3.63) is 35.9 Å². The molecule has 0 fully saturated rings. The lowest BCUT2D eigenvalue weighted by Crippen LogP contribution is -2.37. The molecule has 0 radical (unpaired) electrons. The van der Waals surface area contributed by atoms with Crippen LogP contribution in [-0.4, -0.2) is 16.5 Å². The number of carbonyl (C=O) groups is 1. The molecule has 0 saturated carbocycles. The van der Waals surface area contributed by atoms with Gasteiger partial charge in [0.25, 0.3) is 0 Å². The van der Waals surface area contributed by atoms with Gasteiger partial charge in [0.1, 0.15) is 11.5 Å². The number of hydrogen-bond acceptors (Lipinski definition) is 2. The summed E-state index contributed by atoms with van der Waals surface area (Å²) < 4.78 is 33.7. The zero-order valence-corrected chi connectivity index (χ0v) is 9.71. The number of carbonyl (C=O) groups excluding carboxylic acids is 1. The second-order valence-corrected chi connectivity index (χ2v) is 3.60. The predicted octanol–water partition coefficient (Wildman–Crippen LogP) is 0.669. The molecule has 2 aromatic rings. The summed E-state index contributed by atoms with van der Waals surface area (Å²) in [6.07, 6.45) is -1.20. The maximum Gasteiger partial charge on any atom is 0.430 e. The van der Waals surface area contributed by atoms with E-state index in [-0.39, 0.29) is 0 Å². The fourth-order valence-electron chi connectivity index (χ4n) is 1.36. The van der Waals surface area contributed by atoms with Gasteiger partial charge in [0.2, 0.25) is 5.69 Å². The van der Waals surface area contributed by atoms with Gasteiger partial charge >= 0.3 is 6.18 Å². The van der Waals surface area contributed by atoms with E-state index in [4.69, 9.17) is 9.90 Å². The number of alkyl halides is 3. The maximum atomic E-state index is 10.5.